The molecule has 17 rings (SSSR count). The molecule has 0 bridgehead atoms. The Bertz CT molecular complexity index is 4860. The van der Waals surface area contributed by atoms with E-state index in [-0.39, 0.29) is 5.41 Å². The molecule has 1 aliphatic heterocycles. The Morgan fingerprint density at radius 2 is 0.852 bits per heavy atom. The Morgan fingerprint density at radius 1 is 0.321 bits per heavy atom. The Kier molecular flexibility index (Phi) is 9.62. The van der Waals surface area contributed by atoms with E-state index in [2.05, 4.69) is 278 Å². The lowest BCUT2D eigenvalue weighted by Crippen LogP contribution is -2.31. The molecular weight excluding hydrogens is 989 g/mol. The van der Waals surface area contributed by atoms with Crippen molar-refractivity contribution in [1.82, 2.24) is 0 Å². The van der Waals surface area contributed by atoms with Crippen molar-refractivity contribution < 1.29 is 13.6 Å². The van der Waals surface area contributed by atoms with Crippen LogP contribution in [0.2, 0.25) is 0 Å². The number of furan rings is 2. The van der Waals surface area contributed by atoms with E-state index in [4.69, 9.17) is 13.6 Å². The minimum absolute atomic E-state index is 0.194. The van der Waals surface area contributed by atoms with Crippen LogP contribution >= 0.6 is 0 Å². The highest BCUT2D eigenvalue weighted by Crippen LogP contribution is 2.65. The van der Waals surface area contributed by atoms with Gasteiger partial charge in [-0.25, -0.2) is 0 Å². The molecule has 1 spiro atoms. The minimum Gasteiger partial charge on any atom is -0.456 e. The minimum atomic E-state index is -0.845. The molecule has 5 nitrogen and oxygen atoms in total. The molecule has 3 heterocycles. The zero-order chi connectivity index (χ0) is 53.6. The van der Waals surface area contributed by atoms with Crippen molar-refractivity contribution in [2.45, 2.75) is 24.7 Å². The van der Waals surface area contributed by atoms with Gasteiger partial charge in [-0.2, -0.15) is 0 Å². The molecule has 14 aromatic rings. The summed E-state index contributed by atoms with van der Waals surface area (Å²) in [6.45, 7) is 4.71. The predicted octanol–water partition coefficient (Wildman–Crippen LogP) is 20.9. The van der Waals surface area contributed by atoms with Gasteiger partial charge < -0.3 is 23.4 Å². The highest BCUT2D eigenvalue weighted by atomic mass is 16.5. The van der Waals surface area contributed by atoms with Gasteiger partial charge in [-0.15, -0.1) is 0 Å². The van der Waals surface area contributed by atoms with Crippen molar-refractivity contribution in [2.75, 3.05) is 9.80 Å². The zero-order valence-corrected chi connectivity index (χ0v) is 44.5. The van der Waals surface area contributed by atoms with Gasteiger partial charge in [0.1, 0.15) is 27.9 Å². The molecule has 2 aromatic heterocycles. The third-order valence-electron chi connectivity index (χ3n) is 17.7. The van der Waals surface area contributed by atoms with E-state index >= 15 is 0 Å². The fraction of sp³-hybridized carbons (Fsp3) is 0.0526. The zero-order valence-electron chi connectivity index (χ0n) is 44.5. The van der Waals surface area contributed by atoms with Crippen LogP contribution in [0, 0.1) is 0 Å². The Labute approximate surface area is 468 Å². The normalized spacial score (nSPS) is 13.9. The van der Waals surface area contributed by atoms with Gasteiger partial charge in [-0.1, -0.05) is 196 Å². The van der Waals surface area contributed by atoms with Gasteiger partial charge in [0.05, 0.1) is 11.1 Å². The van der Waals surface area contributed by atoms with Crippen LogP contribution in [-0.2, 0) is 10.8 Å². The average molecular weight is 1040 g/mol. The van der Waals surface area contributed by atoms with Gasteiger partial charge >= 0.3 is 0 Å². The Morgan fingerprint density at radius 3 is 1.62 bits per heavy atom. The number of ether oxygens (including phenoxy) is 1. The third-order valence-corrected chi connectivity index (χ3v) is 17.7. The SMILES string of the molecule is CC1(C)c2ccccc2-c2ccc(N(c3ccc4c(c3)Oc3c(oc5ccc(N(c6ccc(-c7ccccc7)cc6)c6ccc7oc8ccccc8c7c6)cc35)C43c4ccccc4-c4ccccc43)c3cccc4ccccc34)cc21. The van der Waals surface area contributed by atoms with Gasteiger partial charge in [-0.05, 0) is 140 Å². The number of rotatable bonds is 7. The van der Waals surface area contributed by atoms with Crippen molar-refractivity contribution in [3.8, 4) is 44.9 Å². The van der Waals surface area contributed by atoms with Crippen LogP contribution in [0.1, 0.15) is 47.4 Å². The Hall–Kier alpha value is -10.4. The molecule has 5 heteroatoms. The number of benzene rings is 12. The summed E-state index contributed by atoms with van der Waals surface area (Å²) in [6.07, 6.45) is 0. The van der Waals surface area contributed by atoms with E-state index in [1.807, 2.05) is 12.1 Å². The standard InChI is InChI=1S/C76H50N2O3/c1-75(2)63-26-12-8-22-56(63)59-39-35-53(45-67(59)75)78(68-29-16-20-49-19-6-7-21-55(49)68)54-36-40-66-72(46-54)80-73-62-44-52(38-42-71(62)81-74(73)76(66)64-27-13-9-23-57(64)58-24-10-14-28-65(58)76)77(50-33-31-48(32-34-50)47-17-4-3-5-18-47)51-37-41-70-61(43-51)60-25-11-15-30-69(60)79-70/h3-46H,1-2H3. The maximum atomic E-state index is 7.60. The van der Waals surface area contributed by atoms with Gasteiger partial charge in [0.25, 0.3) is 0 Å². The van der Waals surface area contributed by atoms with Gasteiger partial charge in [0, 0.05) is 61.6 Å². The lowest BCUT2D eigenvalue weighted by atomic mass is 9.69. The molecule has 0 saturated carbocycles. The van der Waals surface area contributed by atoms with E-state index in [9.17, 15) is 0 Å². The molecule has 382 valence electrons. The van der Waals surface area contributed by atoms with Gasteiger partial charge in [0.15, 0.2) is 11.5 Å². The molecule has 12 aromatic carbocycles. The van der Waals surface area contributed by atoms with Crippen molar-refractivity contribution in [1.29, 1.82) is 0 Å². The summed E-state index contributed by atoms with van der Waals surface area (Å²) in [5.41, 5.74) is 20.8. The van der Waals surface area contributed by atoms with Gasteiger partial charge in [0.2, 0.25) is 0 Å². The van der Waals surface area contributed by atoms with Crippen LogP contribution in [0.25, 0.3) is 77.1 Å². The smallest absolute Gasteiger partial charge is 0.178 e. The largest absolute Gasteiger partial charge is 0.456 e. The van der Waals surface area contributed by atoms with Crippen LogP contribution in [0.15, 0.2) is 276 Å². The average Bonchev–Trinajstić information content (AvgIpc) is 2.67. The molecule has 0 amide bonds. The first-order chi connectivity index (χ1) is 39.9. The quantitative estimate of drug-likeness (QED) is 0.159. The number of fused-ring (bicyclic) bond motifs is 18. The van der Waals surface area contributed by atoms with Crippen LogP contribution < -0.4 is 14.5 Å². The van der Waals surface area contributed by atoms with E-state index in [1.54, 1.807) is 0 Å². The van der Waals surface area contributed by atoms with E-state index < -0.39 is 5.41 Å². The highest BCUT2D eigenvalue weighted by molar-refractivity contribution is 6.07. The van der Waals surface area contributed by atoms with Crippen molar-refractivity contribution in [3.05, 3.63) is 300 Å². The molecule has 0 saturated heterocycles. The molecule has 3 aliphatic rings. The van der Waals surface area contributed by atoms with Crippen molar-refractivity contribution >= 4 is 77.8 Å². The van der Waals surface area contributed by atoms with Crippen LogP contribution in [0.4, 0.5) is 34.1 Å². The second-order valence-electron chi connectivity index (χ2n) is 22.3. The molecule has 0 radical (unpaired) electrons. The summed E-state index contributed by atoms with van der Waals surface area (Å²) < 4.78 is 21.4. The maximum absolute atomic E-state index is 7.60. The molecule has 0 atom stereocenters. The summed E-state index contributed by atoms with van der Waals surface area (Å²) >= 11 is 0. The molecule has 2 aliphatic carbocycles. The summed E-state index contributed by atoms with van der Waals surface area (Å²) in [5.74, 6) is 2.24. The lowest BCUT2D eigenvalue weighted by Gasteiger charge is -2.37. The lowest BCUT2D eigenvalue weighted by molar-refractivity contribution is 0.389. The maximum Gasteiger partial charge on any atom is 0.178 e. The third kappa shape index (κ3) is 6.54. The topological polar surface area (TPSA) is 42.0 Å². The Balaban J connectivity index is 0.887. The second kappa shape index (κ2) is 17.1. The number of hydrogen-bond acceptors (Lipinski definition) is 5. The summed E-state index contributed by atoms with van der Waals surface area (Å²) in [4.78, 5) is 4.76. The second-order valence-corrected chi connectivity index (χ2v) is 22.3. The molecule has 0 unspecified atom stereocenters. The first kappa shape index (κ1) is 45.6. The number of nitrogens with zero attached hydrogens (tertiary/aromatic N) is 2. The van der Waals surface area contributed by atoms with E-state index in [0.29, 0.717) is 5.75 Å². The van der Waals surface area contributed by atoms with Crippen LogP contribution in [0.5, 0.6) is 11.5 Å². The predicted molar refractivity (Wildman–Crippen MR) is 331 cm³/mol. The highest BCUT2D eigenvalue weighted by Gasteiger charge is 2.54. The number of anilines is 6. The van der Waals surface area contributed by atoms with Gasteiger partial charge in [-0.3, -0.25) is 0 Å². The molecule has 0 N–H and O–H groups in total. The van der Waals surface area contributed by atoms with E-state index in [0.717, 1.165) is 106 Å². The first-order valence-electron chi connectivity index (χ1n) is 27.9. The fourth-order valence-electron chi connectivity index (χ4n) is 14.0. The summed E-state index contributed by atoms with van der Waals surface area (Å²) in [6, 6.07) is 96.5. The number of hydrogen-bond donors (Lipinski definition) is 0. The molecule has 81 heavy (non-hydrogen) atoms. The first-order valence-corrected chi connectivity index (χ1v) is 27.9. The van der Waals surface area contributed by atoms with Crippen molar-refractivity contribution in [3.63, 3.8) is 0 Å². The summed E-state index contributed by atoms with van der Waals surface area (Å²) in [7, 11) is 0. The summed E-state index contributed by atoms with van der Waals surface area (Å²) in [5, 5.41) is 5.34. The molecular formula is C76H50N2O3. The van der Waals surface area contributed by atoms with Crippen LogP contribution in [-0.4, -0.2) is 0 Å². The van der Waals surface area contributed by atoms with E-state index in [1.165, 1.54) is 44.3 Å². The monoisotopic (exact) mass is 1040 g/mol. The van der Waals surface area contributed by atoms with Crippen LogP contribution in [0.3, 0.4) is 0 Å². The molecule has 0 fully saturated rings. The fourth-order valence-corrected chi connectivity index (χ4v) is 14.0. The number of para-hydroxylation sites is 1. The van der Waals surface area contributed by atoms with Crippen molar-refractivity contribution in [2.24, 2.45) is 0 Å².